The van der Waals surface area contributed by atoms with Crippen LogP contribution in [0.3, 0.4) is 0 Å². The van der Waals surface area contributed by atoms with Gasteiger partial charge >= 0.3 is 5.97 Å². The summed E-state index contributed by atoms with van der Waals surface area (Å²) >= 11 is 2.18. The third kappa shape index (κ3) is 4.65. The lowest BCUT2D eigenvalue weighted by Gasteiger charge is -2.27. The Morgan fingerprint density at radius 1 is 1.29 bits per heavy atom. The molecule has 0 spiro atoms. The summed E-state index contributed by atoms with van der Waals surface area (Å²) in [5.41, 5.74) is 0.664. The van der Waals surface area contributed by atoms with Gasteiger partial charge in [0.05, 0.1) is 10.2 Å². The predicted molar refractivity (Wildman–Crippen MR) is 103 cm³/mol. The summed E-state index contributed by atoms with van der Waals surface area (Å²) in [4.78, 5) is 12.2. The molecular weight excluding hydrogens is 419 g/mol. The molecule has 0 N–H and O–H groups in total. The first-order chi connectivity index (χ1) is 11.5. The molecule has 1 aromatic rings. The molecule has 0 bridgehead atoms. The Morgan fingerprint density at radius 2 is 2.00 bits per heavy atom. The van der Waals surface area contributed by atoms with Crippen molar-refractivity contribution in [3.8, 4) is 11.5 Å². The van der Waals surface area contributed by atoms with E-state index in [4.69, 9.17) is 14.2 Å². The van der Waals surface area contributed by atoms with Gasteiger partial charge in [0.1, 0.15) is 5.60 Å². The summed E-state index contributed by atoms with van der Waals surface area (Å²) in [6, 6.07) is 3.81. The van der Waals surface area contributed by atoms with E-state index in [1.54, 1.807) is 6.08 Å². The third-order valence-corrected chi connectivity index (χ3v) is 5.19. The fourth-order valence-corrected chi connectivity index (χ4v) is 3.84. The van der Waals surface area contributed by atoms with E-state index in [1.807, 2.05) is 19.1 Å². The van der Waals surface area contributed by atoms with Crippen LogP contribution in [-0.2, 0) is 9.53 Å². The largest absolute Gasteiger partial charge is 0.490 e. The standard InChI is InChI=1S/C19H25IO4/c1-4-14-11-15(20)18(16(12-14)22-6-3)23-13-17(21)24-19(5-2)9-7-8-10-19/h4,11-12H,1,5-10,13H2,2-3H3. The summed E-state index contributed by atoms with van der Waals surface area (Å²) < 4.78 is 18.0. The lowest BCUT2D eigenvalue weighted by atomic mass is 9.99. The smallest absolute Gasteiger partial charge is 0.344 e. The van der Waals surface area contributed by atoms with Gasteiger partial charge in [-0.3, -0.25) is 0 Å². The van der Waals surface area contributed by atoms with E-state index < -0.39 is 0 Å². The average Bonchev–Trinajstić information content (AvgIpc) is 3.03. The van der Waals surface area contributed by atoms with E-state index in [0.717, 1.165) is 41.2 Å². The Hall–Kier alpha value is -1.24. The van der Waals surface area contributed by atoms with Gasteiger partial charge < -0.3 is 14.2 Å². The van der Waals surface area contributed by atoms with Gasteiger partial charge in [-0.2, -0.15) is 0 Å². The van der Waals surface area contributed by atoms with Gasteiger partial charge in [-0.15, -0.1) is 0 Å². The van der Waals surface area contributed by atoms with Gasteiger partial charge in [0.15, 0.2) is 18.1 Å². The van der Waals surface area contributed by atoms with Gasteiger partial charge in [-0.25, -0.2) is 4.79 Å². The second kappa shape index (κ2) is 8.74. The first-order valence-electron chi connectivity index (χ1n) is 8.47. The number of rotatable bonds is 8. The van der Waals surface area contributed by atoms with Crippen molar-refractivity contribution >= 4 is 34.6 Å². The Balaban J connectivity index is 2.05. The minimum absolute atomic E-state index is 0.106. The van der Waals surface area contributed by atoms with E-state index in [0.29, 0.717) is 18.1 Å². The highest BCUT2D eigenvalue weighted by molar-refractivity contribution is 14.1. The molecule has 1 aromatic carbocycles. The zero-order valence-electron chi connectivity index (χ0n) is 14.4. The number of benzene rings is 1. The molecule has 4 nitrogen and oxygen atoms in total. The number of carbonyl (C=O) groups is 1. The van der Waals surface area contributed by atoms with Gasteiger partial charge in [-0.05, 0) is 79.3 Å². The summed E-state index contributed by atoms with van der Waals surface area (Å²) in [7, 11) is 0. The minimum Gasteiger partial charge on any atom is -0.490 e. The maximum atomic E-state index is 12.2. The molecule has 0 saturated heterocycles. The van der Waals surface area contributed by atoms with E-state index in [2.05, 4.69) is 36.1 Å². The lowest BCUT2D eigenvalue weighted by molar-refractivity contribution is -0.162. The molecule has 1 aliphatic carbocycles. The van der Waals surface area contributed by atoms with Gasteiger partial charge in [0, 0.05) is 0 Å². The molecule has 0 aliphatic heterocycles. The molecule has 1 saturated carbocycles. The van der Waals surface area contributed by atoms with Crippen LogP contribution in [0.25, 0.3) is 6.08 Å². The monoisotopic (exact) mass is 444 g/mol. The topological polar surface area (TPSA) is 44.8 Å². The number of carbonyl (C=O) groups excluding carboxylic acids is 1. The summed E-state index contributed by atoms with van der Waals surface area (Å²) in [6.07, 6.45) is 6.76. The second-order valence-electron chi connectivity index (χ2n) is 5.97. The second-order valence-corrected chi connectivity index (χ2v) is 7.14. The first-order valence-corrected chi connectivity index (χ1v) is 9.55. The van der Waals surface area contributed by atoms with E-state index >= 15 is 0 Å². The number of esters is 1. The highest BCUT2D eigenvalue weighted by atomic mass is 127. The molecule has 0 unspecified atom stereocenters. The number of halogens is 1. The Kier molecular flexibility index (Phi) is 6.95. The zero-order chi connectivity index (χ0) is 17.6. The molecule has 24 heavy (non-hydrogen) atoms. The highest BCUT2D eigenvalue weighted by Gasteiger charge is 2.36. The molecule has 132 valence electrons. The van der Waals surface area contributed by atoms with Crippen molar-refractivity contribution < 1.29 is 19.0 Å². The van der Waals surface area contributed by atoms with E-state index in [-0.39, 0.29) is 18.2 Å². The fourth-order valence-electron chi connectivity index (χ4n) is 3.06. The summed E-state index contributed by atoms with van der Waals surface area (Å²) in [5, 5.41) is 0. The summed E-state index contributed by atoms with van der Waals surface area (Å²) in [6.45, 7) is 8.18. The normalized spacial score (nSPS) is 15.8. The van der Waals surface area contributed by atoms with Crippen LogP contribution in [0.1, 0.15) is 51.5 Å². The Morgan fingerprint density at radius 3 is 2.58 bits per heavy atom. The number of hydrogen-bond acceptors (Lipinski definition) is 4. The fraction of sp³-hybridized carbons (Fsp3) is 0.526. The Labute approximate surface area is 157 Å². The van der Waals surface area contributed by atoms with Crippen molar-refractivity contribution in [1.29, 1.82) is 0 Å². The highest BCUT2D eigenvalue weighted by Crippen LogP contribution is 2.37. The SMILES string of the molecule is C=Cc1cc(I)c(OCC(=O)OC2(CC)CCCC2)c(OCC)c1. The van der Waals surface area contributed by atoms with E-state index in [1.165, 1.54) is 0 Å². The van der Waals surface area contributed by atoms with E-state index in [9.17, 15) is 4.79 Å². The molecule has 0 radical (unpaired) electrons. The van der Waals surface area contributed by atoms with Gasteiger partial charge in [0.2, 0.25) is 0 Å². The lowest BCUT2D eigenvalue weighted by Crippen LogP contribution is -2.33. The van der Waals surface area contributed by atoms with Crippen LogP contribution >= 0.6 is 22.6 Å². The average molecular weight is 444 g/mol. The molecule has 1 aliphatic rings. The quantitative estimate of drug-likeness (QED) is 0.419. The molecule has 1 fully saturated rings. The first kappa shape index (κ1) is 19.1. The van der Waals surface area contributed by atoms with Crippen LogP contribution < -0.4 is 9.47 Å². The molecule has 0 heterocycles. The number of ether oxygens (including phenoxy) is 3. The third-order valence-electron chi connectivity index (χ3n) is 4.39. The predicted octanol–water partition coefficient (Wildman–Crippen LogP) is 4.98. The van der Waals surface area contributed by atoms with Crippen LogP contribution in [0, 0.1) is 3.57 Å². The van der Waals surface area contributed by atoms with Crippen LogP contribution in [0.5, 0.6) is 11.5 Å². The number of hydrogen-bond donors (Lipinski definition) is 0. The summed E-state index contributed by atoms with van der Waals surface area (Å²) in [5.74, 6) is 0.889. The minimum atomic E-state index is -0.315. The van der Waals surface area contributed by atoms with Gasteiger partial charge in [-0.1, -0.05) is 19.6 Å². The Bertz CT molecular complexity index is 591. The van der Waals surface area contributed by atoms with Crippen LogP contribution in [-0.4, -0.2) is 24.8 Å². The molecule has 0 aromatic heterocycles. The van der Waals surface area contributed by atoms with Crippen molar-refractivity contribution in [2.75, 3.05) is 13.2 Å². The van der Waals surface area contributed by atoms with Gasteiger partial charge in [0.25, 0.3) is 0 Å². The van der Waals surface area contributed by atoms with Crippen molar-refractivity contribution in [2.45, 2.75) is 51.6 Å². The molecule has 2 rings (SSSR count). The molecule has 0 atom stereocenters. The van der Waals surface area contributed by atoms with Crippen molar-refractivity contribution in [3.05, 3.63) is 27.8 Å². The van der Waals surface area contributed by atoms with Crippen LogP contribution in [0.15, 0.2) is 18.7 Å². The molecular formula is C19H25IO4. The molecule has 5 heteroatoms. The van der Waals surface area contributed by atoms with Crippen molar-refractivity contribution in [1.82, 2.24) is 0 Å². The van der Waals surface area contributed by atoms with Crippen LogP contribution in [0.4, 0.5) is 0 Å². The van der Waals surface area contributed by atoms with Crippen molar-refractivity contribution in [2.24, 2.45) is 0 Å². The molecule has 0 amide bonds. The zero-order valence-corrected chi connectivity index (χ0v) is 16.6. The maximum absolute atomic E-state index is 12.2. The van der Waals surface area contributed by atoms with Crippen molar-refractivity contribution in [3.63, 3.8) is 0 Å². The maximum Gasteiger partial charge on any atom is 0.344 e. The van der Waals surface area contributed by atoms with Crippen LogP contribution in [0.2, 0.25) is 0 Å².